The normalized spacial score (nSPS) is 11.7. The van der Waals surface area contributed by atoms with Crippen LogP contribution in [0, 0.1) is 0 Å². The van der Waals surface area contributed by atoms with Gasteiger partial charge in [-0.3, -0.25) is 9.20 Å². The molecule has 0 spiro atoms. The summed E-state index contributed by atoms with van der Waals surface area (Å²) in [6.45, 7) is 4.51. The van der Waals surface area contributed by atoms with Crippen LogP contribution in [0.1, 0.15) is 6.92 Å². The van der Waals surface area contributed by atoms with Crippen molar-refractivity contribution in [2.45, 2.75) is 6.92 Å². The smallest absolute Gasteiger partial charge is 0.199 e. The lowest BCUT2D eigenvalue weighted by molar-refractivity contribution is 0.476. The SMILES string of the molecule is CCNCCNc1ccc2ncn3c4ccc(O)cc4c(=O)c1c23. The Labute approximate surface area is 138 Å². The van der Waals surface area contributed by atoms with Crippen molar-refractivity contribution in [3.8, 4) is 5.75 Å². The Kier molecular flexibility index (Phi) is 3.46. The number of likely N-dealkylation sites (N-methyl/N-ethyl adjacent to an activating group) is 1. The van der Waals surface area contributed by atoms with Gasteiger partial charge in [-0.25, -0.2) is 4.98 Å². The molecule has 0 aliphatic carbocycles. The minimum Gasteiger partial charge on any atom is -0.508 e. The number of aromatic hydroxyl groups is 1. The lowest BCUT2D eigenvalue weighted by atomic mass is 10.1. The fourth-order valence-corrected chi connectivity index (χ4v) is 3.18. The molecular weight excluding hydrogens is 304 g/mol. The number of pyridine rings is 1. The summed E-state index contributed by atoms with van der Waals surface area (Å²) in [6.07, 6.45) is 1.72. The van der Waals surface area contributed by atoms with Gasteiger partial charge in [0.25, 0.3) is 0 Å². The van der Waals surface area contributed by atoms with Crippen molar-refractivity contribution < 1.29 is 5.11 Å². The Morgan fingerprint density at radius 3 is 2.92 bits per heavy atom. The van der Waals surface area contributed by atoms with Gasteiger partial charge in [-0.1, -0.05) is 6.92 Å². The van der Waals surface area contributed by atoms with Crippen molar-refractivity contribution in [2.24, 2.45) is 0 Å². The Bertz CT molecular complexity index is 1090. The number of hydrogen-bond donors (Lipinski definition) is 3. The molecule has 0 aliphatic rings. The third-order valence-corrected chi connectivity index (χ3v) is 4.29. The minimum atomic E-state index is -0.0922. The predicted molar refractivity (Wildman–Crippen MR) is 96.4 cm³/mol. The largest absolute Gasteiger partial charge is 0.508 e. The zero-order valence-corrected chi connectivity index (χ0v) is 13.3. The summed E-state index contributed by atoms with van der Waals surface area (Å²) < 4.78 is 1.91. The van der Waals surface area contributed by atoms with E-state index >= 15 is 0 Å². The van der Waals surface area contributed by atoms with Gasteiger partial charge < -0.3 is 15.7 Å². The number of aromatic nitrogens is 2. The summed E-state index contributed by atoms with van der Waals surface area (Å²) in [7, 11) is 0. The maximum atomic E-state index is 13.0. The van der Waals surface area contributed by atoms with Crippen molar-refractivity contribution in [2.75, 3.05) is 25.0 Å². The number of rotatable bonds is 5. The summed E-state index contributed by atoms with van der Waals surface area (Å²) in [6, 6.07) is 8.66. The molecule has 0 aliphatic heterocycles. The number of nitrogens with zero attached hydrogens (tertiary/aromatic N) is 2. The van der Waals surface area contributed by atoms with Crippen LogP contribution in [0.25, 0.3) is 27.3 Å². The number of benzene rings is 2. The van der Waals surface area contributed by atoms with E-state index in [1.807, 2.05) is 16.5 Å². The number of fused-ring (bicyclic) bond motifs is 2. The second-order valence-corrected chi connectivity index (χ2v) is 5.78. The summed E-state index contributed by atoms with van der Waals surface area (Å²) >= 11 is 0. The number of phenols is 1. The molecule has 0 amide bonds. The molecule has 0 unspecified atom stereocenters. The maximum Gasteiger partial charge on any atom is 0.199 e. The van der Waals surface area contributed by atoms with Gasteiger partial charge in [0, 0.05) is 18.8 Å². The highest BCUT2D eigenvalue weighted by Crippen LogP contribution is 2.29. The average Bonchev–Trinajstić information content (AvgIpc) is 3.01. The molecule has 0 saturated carbocycles. The van der Waals surface area contributed by atoms with E-state index in [4.69, 9.17) is 0 Å². The van der Waals surface area contributed by atoms with Gasteiger partial charge in [-0.05, 0) is 36.9 Å². The topological polar surface area (TPSA) is 78.7 Å². The quantitative estimate of drug-likeness (QED) is 0.388. The van der Waals surface area contributed by atoms with Crippen LogP contribution < -0.4 is 16.1 Å². The van der Waals surface area contributed by atoms with Crippen LogP contribution >= 0.6 is 0 Å². The first-order chi connectivity index (χ1) is 11.7. The minimum absolute atomic E-state index is 0.0829. The molecule has 0 atom stereocenters. The van der Waals surface area contributed by atoms with Crippen molar-refractivity contribution >= 4 is 33.0 Å². The monoisotopic (exact) mass is 322 g/mol. The molecule has 2 aromatic carbocycles. The van der Waals surface area contributed by atoms with E-state index in [0.29, 0.717) is 10.8 Å². The first-order valence-corrected chi connectivity index (χ1v) is 8.03. The first-order valence-electron chi connectivity index (χ1n) is 8.03. The van der Waals surface area contributed by atoms with Gasteiger partial charge in [0.1, 0.15) is 12.1 Å². The Balaban J connectivity index is 1.99. The van der Waals surface area contributed by atoms with Crippen LogP contribution in [0.2, 0.25) is 0 Å². The Hall–Kier alpha value is -2.86. The van der Waals surface area contributed by atoms with E-state index in [1.165, 1.54) is 6.07 Å². The molecule has 24 heavy (non-hydrogen) atoms. The molecule has 2 heterocycles. The van der Waals surface area contributed by atoms with E-state index < -0.39 is 0 Å². The van der Waals surface area contributed by atoms with Gasteiger partial charge in [0.2, 0.25) is 0 Å². The molecule has 0 radical (unpaired) electrons. The van der Waals surface area contributed by atoms with Gasteiger partial charge >= 0.3 is 0 Å². The molecule has 0 fully saturated rings. The number of imidazole rings is 1. The van der Waals surface area contributed by atoms with Crippen LogP contribution in [0.15, 0.2) is 41.5 Å². The van der Waals surface area contributed by atoms with E-state index in [1.54, 1.807) is 18.5 Å². The molecule has 2 aromatic heterocycles. The van der Waals surface area contributed by atoms with Gasteiger partial charge in [0.15, 0.2) is 5.43 Å². The third-order valence-electron chi connectivity index (χ3n) is 4.29. The lowest BCUT2D eigenvalue weighted by Gasteiger charge is -2.11. The van der Waals surface area contributed by atoms with Crippen molar-refractivity contribution in [3.63, 3.8) is 0 Å². The van der Waals surface area contributed by atoms with Crippen LogP contribution in [0.4, 0.5) is 5.69 Å². The first kappa shape index (κ1) is 14.7. The molecule has 0 saturated heterocycles. The van der Waals surface area contributed by atoms with Crippen LogP contribution in [-0.4, -0.2) is 34.1 Å². The molecule has 6 nitrogen and oxygen atoms in total. The van der Waals surface area contributed by atoms with Gasteiger partial charge in [0.05, 0.1) is 27.3 Å². The van der Waals surface area contributed by atoms with Gasteiger partial charge in [-0.15, -0.1) is 0 Å². The third kappa shape index (κ3) is 2.15. The molecule has 122 valence electrons. The summed E-state index contributed by atoms with van der Waals surface area (Å²) in [5.74, 6) is 0.0829. The Morgan fingerprint density at radius 1 is 1.21 bits per heavy atom. The highest BCUT2D eigenvalue weighted by atomic mass is 16.3. The number of nitrogens with one attached hydrogen (secondary N) is 2. The van der Waals surface area contributed by atoms with Crippen LogP contribution in [-0.2, 0) is 0 Å². The number of anilines is 1. The molecule has 6 heteroatoms. The summed E-state index contributed by atoms with van der Waals surface area (Å²) in [5.41, 5.74) is 3.05. The average molecular weight is 322 g/mol. The number of phenolic OH excluding ortho intramolecular Hbond substituents is 1. The van der Waals surface area contributed by atoms with Crippen molar-refractivity contribution in [3.05, 3.63) is 46.9 Å². The van der Waals surface area contributed by atoms with Crippen LogP contribution in [0.3, 0.4) is 0 Å². The summed E-state index contributed by atoms with van der Waals surface area (Å²) in [5, 5.41) is 17.4. The standard InChI is InChI=1S/C18H18N4O2/c1-2-19-7-8-20-13-4-5-14-17-16(13)18(24)12-9-11(23)3-6-15(12)22(17)10-21-14/h3-6,9-10,19-20,23H,2,7-8H2,1H3. The fourth-order valence-electron chi connectivity index (χ4n) is 3.18. The molecule has 4 aromatic rings. The predicted octanol–water partition coefficient (Wildman–Crippen LogP) is 2.17. The lowest BCUT2D eigenvalue weighted by Crippen LogP contribution is -2.22. The zero-order valence-electron chi connectivity index (χ0n) is 13.3. The summed E-state index contributed by atoms with van der Waals surface area (Å²) in [4.78, 5) is 17.5. The van der Waals surface area contributed by atoms with Gasteiger partial charge in [-0.2, -0.15) is 0 Å². The molecule has 0 bridgehead atoms. The zero-order chi connectivity index (χ0) is 16.7. The van der Waals surface area contributed by atoms with E-state index in [-0.39, 0.29) is 11.2 Å². The van der Waals surface area contributed by atoms with Crippen molar-refractivity contribution in [1.29, 1.82) is 0 Å². The Morgan fingerprint density at radius 2 is 2.08 bits per heavy atom. The maximum absolute atomic E-state index is 13.0. The van der Waals surface area contributed by atoms with Crippen LogP contribution in [0.5, 0.6) is 5.75 Å². The fraction of sp³-hybridized carbons (Fsp3) is 0.222. The second kappa shape index (κ2) is 5.65. The molecule has 4 rings (SSSR count). The number of hydrogen-bond acceptors (Lipinski definition) is 5. The highest BCUT2D eigenvalue weighted by Gasteiger charge is 2.16. The van der Waals surface area contributed by atoms with E-state index in [2.05, 4.69) is 22.5 Å². The molecule has 3 N–H and O–H groups in total. The van der Waals surface area contributed by atoms with E-state index in [9.17, 15) is 9.90 Å². The molecular formula is C18H18N4O2. The van der Waals surface area contributed by atoms with Crippen molar-refractivity contribution in [1.82, 2.24) is 14.7 Å². The van der Waals surface area contributed by atoms with E-state index in [0.717, 1.165) is 41.9 Å². The highest BCUT2D eigenvalue weighted by molar-refractivity contribution is 6.07. The second-order valence-electron chi connectivity index (χ2n) is 5.78.